The topological polar surface area (TPSA) is 60.8 Å². The van der Waals surface area contributed by atoms with Crippen molar-refractivity contribution in [3.05, 3.63) is 59.2 Å². The number of phenolic OH excluding ortho intramolecular Hbond substituents is 1. The molecule has 2 N–H and O–H groups in total. The number of hydrogen-bond donors (Lipinski definition) is 2. The van der Waals surface area contributed by atoms with Gasteiger partial charge in [0.1, 0.15) is 5.75 Å². The highest BCUT2D eigenvalue weighted by Crippen LogP contribution is 2.27. The van der Waals surface area contributed by atoms with Crippen LogP contribution < -0.4 is 4.90 Å². The van der Waals surface area contributed by atoms with E-state index in [1.807, 2.05) is 19.9 Å². The molecule has 0 saturated heterocycles. The summed E-state index contributed by atoms with van der Waals surface area (Å²) in [6.45, 7) is 5.53. The van der Waals surface area contributed by atoms with Crippen LogP contribution in [0.15, 0.2) is 42.5 Å². The van der Waals surface area contributed by atoms with Gasteiger partial charge in [-0.15, -0.1) is 0 Å². The highest BCUT2D eigenvalue weighted by molar-refractivity contribution is 6.11. The second-order valence-corrected chi connectivity index (χ2v) is 5.02. The van der Waals surface area contributed by atoms with Crippen molar-refractivity contribution in [1.29, 1.82) is 0 Å². The first kappa shape index (κ1) is 16.0. The maximum atomic E-state index is 12.6. The van der Waals surface area contributed by atoms with Gasteiger partial charge in [0.2, 0.25) is 0 Å². The summed E-state index contributed by atoms with van der Waals surface area (Å²) in [5, 5.41) is 19.6. The summed E-state index contributed by atoms with van der Waals surface area (Å²) in [7, 11) is 0. The van der Waals surface area contributed by atoms with Gasteiger partial charge in [0, 0.05) is 30.4 Å². The van der Waals surface area contributed by atoms with Gasteiger partial charge in [-0.3, -0.25) is 4.79 Å². The number of carbonyl (C=O) groups is 1. The number of rotatable bonds is 6. The summed E-state index contributed by atoms with van der Waals surface area (Å²) in [5.74, 6) is -0.324. The monoisotopic (exact) mass is 299 g/mol. The van der Waals surface area contributed by atoms with Crippen LogP contribution in [0.1, 0.15) is 35.3 Å². The zero-order valence-electron chi connectivity index (χ0n) is 12.9. The standard InChI is InChI=1S/C18H21NO3/c1-3-19(4-2)14-9-10-16(17(21)11-14)18(22)15-8-6-5-7-13(15)12-20/h5-11,20-21H,3-4,12H2,1-2H3. The summed E-state index contributed by atoms with van der Waals surface area (Å²) in [6, 6.07) is 12.0. The van der Waals surface area contributed by atoms with Crippen molar-refractivity contribution in [2.45, 2.75) is 20.5 Å². The normalized spacial score (nSPS) is 10.5. The molecular weight excluding hydrogens is 278 g/mol. The minimum atomic E-state index is -0.284. The van der Waals surface area contributed by atoms with Crippen molar-refractivity contribution in [3.8, 4) is 5.75 Å². The summed E-state index contributed by atoms with van der Waals surface area (Å²) < 4.78 is 0. The number of ketones is 1. The molecule has 2 aromatic carbocycles. The van der Waals surface area contributed by atoms with Gasteiger partial charge in [-0.25, -0.2) is 0 Å². The molecule has 0 bridgehead atoms. The molecular formula is C18H21NO3. The van der Waals surface area contributed by atoms with Crippen LogP contribution in [-0.2, 0) is 6.61 Å². The van der Waals surface area contributed by atoms with E-state index in [-0.39, 0.29) is 23.7 Å². The third-order valence-corrected chi connectivity index (χ3v) is 3.79. The third-order valence-electron chi connectivity index (χ3n) is 3.79. The molecule has 0 aromatic heterocycles. The molecule has 116 valence electrons. The minimum Gasteiger partial charge on any atom is -0.507 e. The van der Waals surface area contributed by atoms with E-state index < -0.39 is 0 Å². The summed E-state index contributed by atoms with van der Waals surface area (Å²) in [6.07, 6.45) is 0. The van der Waals surface area contributed by atoms with Gasteiger partial charge in [0.05, 0.1) is 12.2 Å². The van der Waals surface area contributed by atoms with Gasteiger partial charge < -0.3 is 15.1 Å². The quantitative estimate of drug-likeness (QED) is 0.805. The van der Waals surface area contributed by atoms with Crippen LogP contribution in [0.5, 0.6) is 5.75 Å². The van der Waals surface area contributed by atoms with Gasteiger partial charge in [0.15, 0.2) is 5.78 Å². The van der Waals surface area contributed by atoms with Crippen molar-refractivity contribution in [1.82, 2.24) is 0 Å². The number of anilines is 1. The molecule has 22 heavy (non-hydrogen) atoms. The summed E-state index contributed by atoms with van der Waals surface area (Å²) in [5.41, 5.74) is 2.10. The van der Waals surface area contributed by atoms with Crippen LogP contribution in [0, 0.1) is 0 Å². The maximum Gasteiger partial charge on any atom is 0.197 e. The smallest absolute Gasteiger partial charge is 0.197 e. The van der Waals surface area contributed by atoms with Crippen LogP contribution in [0.25, 0.3) is 0 Å². The Hall–Kier alpha value is -2.33. The lowest BCUT2D eigenvalue weighted by Crippen LogP contribution is -2.21. The average Bonchev–Trinajstić information content (AvgIpc) is 2.55. The SMILES string of the molecule is CCN(CC)c1ccc(C(=O)c2ccccc2CO)c(O)c1. The van der Waals surface area contributed by atoms with Crippen LogP contribution >= 0.6 is 0 Å². The fraction of sp³-hybridized carbons (Fsp3) is 0.278. The first-order valence-corrected chi connectivity index (χ1v) is 7.43. The van der Waals surface area contributed by atoms with Crippen molar-refractivity contribution >= 4 is 11.5 Å². The van der Waals surface area contributed by atoms with Gasteiger partial charge in [0.25, 0.3) is 0 Å². The van der Waals surface area contributed by atoms with Crippen molar-refractivity contribution in [2.75, 3.05) is 18.0 Å². The molecule has 0 saturated carbocycles. The van der Waals surface area contributed by atoms with E-state index in [1.54, 1.807) is 36.4 Å². The predicted octanol–water partition coefficient (Wildman–Crippen LogP) is 2.96. The second kappa shape index (κ2) is 7.09. The Balaban J connectivity index is 2.39. The molecule has 0 spiro atoms. The lowest BCUT2D eigenvalue weighted by Gasteiger charge is -2.21. The van der Waals surface area contributed by atoms with Crippen molar-refractivity contribution in [2.24, 2.45) is 0 Å². The van der Waals surface area contributed by atoms with Crippen LogP contribution in [0.4, 0.5) is 5.69 Å². The maximum absolute atomic E-state index is 12.6. The number of phenols is 1. The molecule has 0 fully saturated rings. The van der Waals surface area contributed by atoms with Crippen molar-refractivity contribution in [3.63, 3.8) is 0 Å². The number of benzene rings is 2. The van der Waals surface area contributed by atoms with Gasteiger partial charge in [-0.05, 0) is 31.5 Å². The lowest BCUT2D eigenvalue weighted by atomic mass is 9.97. The summed E-state index contributed by atoms with van der Waals surface area (Å²) in [4.78, 5) is 14.7. The molecule has 0 aliphatic rings. The Morgan fingerprint density at radius 2 is 1.73 bits per heavy atom. The number of hydrogen-bond acceptors (Lipinski definition) is 4. The van der Waals surface area contributed by atoms with Gasteiger partial charge in [-0.1, -0.05) is 24.3 Å². The number of aliphatic hydroxyl groups is 1. The lowest BCUT2D eigenvalue weighted by molar-refractivity contribution is 0.103. The number of carbonyl (C=O) groups excluding carboxylic acids is 1. The van der Waals surface area contributed by atoms with Crippen LogP contribution in [0.2, 0.25) is 0 Å². The Morgan fingerprint density at radius 1 is 1.05 bits per heavy atom. The molecule has 4 heteroatoms. The van der Waals surface area contributed by atoms with E-state index in [1.165, 1.54) is 0 Å². The molecule has 2 aromatic rings. The largest absolute Gasteiger partial charge is 0.507 e. The molecule has 0 radical (unpaired) electrons. The predicted molar refractivity (Wildman–Crippen MR) is 87.5 cm³/mol. The minimum absolute atomic E-state index is 0.0397. The third kappa shape index (κ3) is 3.12. The molecule has 0 aliphatic heterocycles. The Morgan fingerprint density at radius 3 is 2.32 bits per heavy atom. The molecule has 0 amide bonds. The highest BCUT2D eigenvalue weighted by atomic mass is 16.3. The van der Waals surface area contributed by atoms with Crippen molar-refractivity contribution < 1.29 is 15.0 Å². The molecule has 0 heterocycles. The fourth-order valence-corrected chi connectivity index (χ4v) is 2.52. The van der Waals surface area contributed by atoms with Gasteiger partial charge in [-0.2, -0.15) is 0 Å². The van der Waals surface area contributed by atoms with E-state index in [9.17, 15) is 15.0 Å². The highest BCUT2D eigenvalue weighted by Gasteiger charge is 2.17. The van der Waals surface area contributed by atoms with Crippen LogP contribution in [-0.4, -0.2) is 29.1 Å². The van der Waals surface area contributed by atoms with Gasteiger partial charge >= 0.3 is 0 Å². The number of aromatic hydroxyl groups is 1. The first-order chi connectivity index (χ1) is 10.6. The number of nitrogens with zero attached hydrogens (tertiary/aromatic N) is 1. The number of aliphatic hydroxyl groups excluding tert-OH is 1. The Kier molecular flexibility index (Phi) is 5.17. The summed E-state index contributed by atoms with van der Waals surface area (Å²) >= 11 is 0. The molecule has 0 unspecified atom stereocenters. The molecule has 4 nitrogen and oxygen atoms in total. The fourth-order valence-electron chi connectivity index (χ4n) is 2.52. The average molecular weight is 299 g/mol. The zero-order chi connectivity index (χ0) is 16.1. The zero-order valence-corrected chi connectivity index (χ0v) is 12.9. The van der Waals surface area contributed by atoms with E-state index in [0.717, 1.165) is 18.8 Å². The molecule has 0 aliphatic carbocycles. The van der Waals surface area contributed by atoms with E-state index in [0.29, 0.717) is 11.1 Å². The second-order valence-electron chi connectivity index (χ2n) is 5.02. The molecule has 0 atom stereocenters. The van der Waals surface area contributed by atoms with E-state index in [2.05, 4.69) is 4.90 Å². The van der Waals surface area contributed by atoms with Crippen LogP contribution in [0.3, 0.4) is 0 Å². The Labute approximate surface area is 130 Å². The van der Waals surface area contributed by atoms with E-state index in [4.69, 9.17) is 0 Å². The van der Waals surface area contributed by atoms with E-state index >= 15 is 0 Å². The Bertz CT molecular complexity index is 663. The first-order valence-electron chi connectivity index (χ1n) is 7.43. The molecule has 2 rings (SSSR count).